The van der Waals surface area contributed by atoms with E-state index in [1.54, 1.807) is 5.57 Å². The van der Waals surface area contributed by atoms with E-state index in [4.69, 9.17) is 4.74 Å². The van der Waals surface area contributed by atoms with Crippen LogP contribution in [0.3, 0.4) is 0 Å². The molecule has 55 heavy (non-hydrogen) atoms. The van der Waals surface area contributed by atoms with Crippen LogP contribution in [0.5, 0.6) is 0 Å². The summed E-state index contributed by atoms with van der Waals surface area (Å²) in [5.41, 5.74) is 3.07. The fourth-order valence-electron chi connectivity index (χ4n) is 6.20. The van der Waals surface area contributed by atoms with Gasteiger partial charge in [0.1, 0.15) is 0 Å². The van der Waals surface area contributed by atoms with Gasteiger partial charge >= 0.3 is 0 Å². The molecule has 0 N–H and O–H groups in total. The van der Waals surface area contributed by atoms with Crippen LogP contribution in [0.25, 0.3) is 0 Å². The Balaban J connectivity index is -0.000000156. The second-order valence-corrected chi connectivity index (χ2v) is 15.6. The van der Waals surface area contributed by atoms with Gasteiger partial charge in [-0.3, -0.25) is 0 Å². The van der Waals surface area contributed by atoms with Crippen LogP contribution in [-0.4, -0.2) is 6.61 Å². The molecule has 0 amide bonds. The lowest BCUT2D eigenvalue weighted by molar-refractivity contribution is 0.142. The highest BCUT2D eigenvalue weighted by Gasteiger charge is 2.20. The van der Waals surface area contributed by atoms with Crippen LogP contribution in [0, 0.1) is 11.8 Å². The predicted octanol–water partition coefficient (Wildman–Crippen LogP) is 21.4. The Labute approximate surface area is 355 Å². The Hall–Kier alpha value is -0.720. The Morgan fingerprint density at radius 1 is 0.455 bits per heavy atom. The van der Waals surface area contributed by atoms with Crippen molar-refractivity contribution in [2.45, 2.75) is 310 Å². The van der Waals surface area contributed by atoms with Crippen molar-refractivity contribution >= 4 is 0 Å². The third-order valence-electron chi connectivity index (χ3n) is 9.67. The first-order chi connectivity index (χ1) is 26.8. The molecule has 1 fully saturated rings. The molecule has 1 rings (SSSR count). The molecule has 0 heterocycles. The molecule has 1 nitrogen and oxygen atoms in total. The molecular formula is C54H116O. The lowest BCUT2D eigenvalue weighted by Gasteiger charge is -2.19. The zero-order valence-corrected chi connectivity index (χ0v) is 42.4. The molecule has 0 saturated heterocycles. The number of hydrogen-bond acceptors (Lipinski definition) is 1. The Morgan fingerprint density at radius 2 is 0.818 bits per heavy atom. The van der Waals surface area contributed by atoms with Gasteiger partial charge in [0.2, 0.25) is 0 Å². The van der Waals surface area contributed by atoms with Gasteiger partial charge in [-0.15, -0.1) is 0 Å². The maximum Gasteiger partial charge on any atom is 0.0952 e. The summed E-state index contributed by atoms with van der Waals surface area (Å²) in [7, 11) is 0. The zero-order chi connectivity index (χ0) is 43.2. The topological polar surface area (TPSA) is 9.23 Å². The first kappa shape index (κ1) is 66.1. The van der Waals surface area contributed by atoms with Gasteiger partial charge in [0.05, 0.1) is 12.4 Å². The van der Waals surface area contributed by atoms with Gasteiger partial charge in [0.15, 0.2) is 0 Å². The van der Waals surface area contributed by atoms with Crippen LogP contribution in [0.4, 0.5) is 0 Å². The van der Waals surface area contributed by atoms with Crippen molar-refractivity contribution in [2.75, 3.05) is 6.61 Å². The summed E-state index contributed by atoms with van der Waals surface area (Å²) in [6.45, 7) is 39.6. The second kappa shape index (κ2) is 65.1. The van der Waals surface area contributed by atoms with Crippen molar-refractivity contribution in [2.24, 2.45) is 11.8 Å². The summed E-state index contributed by atoms with van der Waals surface area (Å²) >= 11 is 0. The van der Waals surface area contributed by atoms with E-state index in [-0.39, 0.29) is 0 Å². The number of rotatable bonds is 31. The zero-order valence-electron chi connectivity index (χ0n) is 42.4. The van der Waals surface area contributed by atoms with E-state index in [2.05, 4.69) is 75.8 Å². The lowest BCUT2D eigenvalue weighted by Crippen LogP contribution is -2.10. The average molecular weight is 782 g/mol. The summed E-state index contributed by atoms with van der Waals surface area (Å²) in [4.78, 5) is 0. The van der Waals surface area contributed by atoms with Crippen LogP contribution in [0.1, 0.15) is 310 Å². The van der Waals surface area contributed by atoms with Crippen LogP contribution in [-0.2, 0) is 4.74 Å². The van der Waals surface area contributed by atoms with E-state index in [0.717, 1.165) is 18.4 Å². The number of allylic oxidation sites excluding steroid dienone is 3. The normalized spacial score (nSPS) is 11.7. The second-order valence-electron chi connectivity index (χ2n) is 15.6. The molecule has 1 aliphatic rings. The Kier molecular flexibility index (Phi) is 78.3. The highest BCUT2D eigenvalue weighted by atomic mass is 16.5. The highest BCUT2D eigenvalue weighted by molar-refractivity contribution is 5.21. The lowest BCUT2D eigenvalue weighted by atomic mass is 9.96. The molecule has 0 spiro atoms. The van der Waals surface area contributed by atoms with Crippen LogP contribution < -0.4 is 0 Å². The van der Waals surface area contributed by atoms with Gasteiger partial charge in [-0.25, -0.2) is 0 Å². The molecule has 0 aromatic heterocycles. The quantitative estimate of drug-likeness (QED) is 0.0387. The van der Waals surface area contributed by atoms with Crippen LogP contribution in [0.2, 0.25) is 0 Å². The van der Waals surface area contributed by atoms with Gasteiger partial charge < -0.3 is 4.74 Å². The molecule has 0 aromatic rings. The summed E-state index contributed by atoms with van der Waals surface area (Å²) in [5, 5.41) is 0. The van der Waals surface area contributed by atoms with Crippen molar-refractivity contribution < 1.29 is 4.74 Å². The summed E-state index contributed by atoms with van der Waals surface area (Å²) in [6, 6.07) is 0. The fourth-order valence-corrected chi connectivity index (χ4v) is 6.20. The van der Waals surface area contributed by atoms with Crippen molar-refractivity contribution in [1.29, 1.82) is 0 Å². The fraction of sp³-hybridized carbons (Fsp3) is 0.926. The summed E-state index contributed by atoms with van der Waals surface area (Å²) in [6.07, 6.45) is 42.0. The molecule has 0 bridgehead atoms. The van der Waals surface area contributed by atoms with E-state index in [1.165, 1.54) is 210 Å². The van der Waals surface area contributed by atoms with Crippen molar-refractivity contribution in [3.63, 3.8) is 0 Å². The molecule has 0 radical (unpaired) electrons. The average Bonchev–Trinajstić information content (AvgIpc) is 4.06. The van der Waals surface area contributed by atoms with E-state index in [0.29, 0.717) is 0 Å². The monoisotopic (exact) mass is 781 g/mol. The van der Waals surface area contributed by atoms with E-state index in [9.17, 15) is 0 Å². The number of ether oxygens (including phenoxy) is 1. The van der Waals surface area contributed by atoms with Crippen molar-refractivity contribution in [3.05, 3.63) is 23.5 Å². The first-order valence-corrected chi connectivity index (χ1v) is 25.8. The SMILES string of the molecule is C=C(CCC)CCCCCC.CC.CC.CC.CCC.CCCCCCC(C)CCCCC.CCCCCCC(OCC(CCCC)CCCCC)=C1CC1. The molecular weight excluding hydrogens is 665 g/mol. The molecule has 2 unspecified atom stereocenters. The summed E-state index contributed by atoms with van der Waals surface area (Å²) < 4.78 is 6.32. The van der Waals surface area contributed by atoms with Crippen LogP contribution in [0.15, 0.2) is 23.5 Å². The molecule has 0 aromatic carbocycles. The van der Waals surface area contributed by atoms with Crippen molar-refractivity contribution in [1.82, 2.24) is 0 Å². The number of hydrogen-bond donors (Lipinski definition) is 0. The predicted molar refractivity (Wildman–Crippen MR) is 263 cm³/mol. The third-order valence-corrected chi connectivity index (χ3v) is 9.67. The molecule has 1 heteroatoms. The third kappa shape index (κ3) is 65.4. The molecule has 2 atom stereocenters. The molecule has 1 aliphatic carbocycles. The number of unbranched alkanes of at least 4 members (excludes halogenated alkanes) is 14. The van der Waals surface area contributed by atoms with E-state index < -0.39 is 0 Å². The van der Waals surface area contributed by atoms with E-state index >= 15 is 0 Å². The largest absolute Gasteiger partial charge is 0.498 e. The molecule has 1 saturated carbocycles. The minimum absolute atomic E-state index is 0.788. The van der Waals surface area contributed by atoms with Gasteiger partial charge in [-0.05, 0) is 68.8 Å². The van der Waals surface area contributed by atoms with Crippen LogP contribution >= 0.6 is 0 Å². The maximum absolute atomic E-state index is 6.32. The Morgan fingerprint density at radius 3 is 1.24 bits per heavy atom. The van der Waals surface area contributed by atoms with Gasteiger partial charge in [-0.1, -0.05) is 264 Å². The Bertz CT molecular complexity index is 640. The van der Waals surface area contributed by atoms with Gasteiger partial charge in [0, 0.05) is 6.42 Å². The maximum atomic E-state index is 6.32. The standard InChI is InChI=1S/C21H40O.C13H28.C11H22.C3H8.3C2H6/c1-4-7-10-12-15-21(20-16-17-20)22-18-19(13-9-6-3)14-11-8-5-2;1-4-6-8-10-12-13(3)11-9-7-5-2;1-4-6-7-8-10-11(3)9-5-2;1-3-2;3*1-2/h19H,4-18H2,1-3H3;13H,4-12H2,1-3H3;3-10H2,1-2H3;3H2,1-2H3;3*1-2H3. The summed E-state index contributed by atoms with van der Waals surface area (Å²) in [5.74, 6) is 3.15. The minimum atomic E-state index is 0.788. The molecule has 338 valence electrons. The first-order valence-electron chi connectivity index (χ1n) is 25.8. The van der Waals surface area contributed by atoms with Gasteiger partial charge in [0.25, 0.3) is 0 Å². The molecule has 0 aliphatic heterocycles. The van der Waals surface area contributed by atoms with Gasteiger partial charge in [-0.2, -0.15) is 0 Å². The minimum Gasteiger partial charge on any atom is -0.498 e. The van der Waals surface area contributed by atoms with E-state index in [1.807, 2.05) is 41.5 Å². The highest BCUT2D eigenvalue weighted by Crippen LogP contribution is 2.35. The van der Waals surface area contributed by atoms with Crippen molar-refractivity contribution in [3.8, 4) is 0 Å². The smallest absolute Gasteiger partial charge is 0.0952 e.